The summed E-state index contributed by atoms with van der Waals surface area (Å²) in [6.07, 6.45) is 3.88. The van der Waals surface area contributed by atoms with Gasteiger partial charge in [0.05, 0.1) is 11.6 Å². The molecule has 1 unspecified atom stereocenters. The van der Waals surface area contributed by atoms with Crippen LogP contribution >= 0.6 is 0 Å². The van der Waals surface area contributed by atoms with E-state index in [9.17, 15) is 5.26 Å². The molecule has 108 valence electrons. The van der Waals surface area contributed by atoms with Crippen LogP contribution in [-0.2, 0) is 6.54 Å². The molecule has 20 heavy (non-hydrogen) atoms. The number of likely N-dealkylation sites (tertiary alicyclic amines) is 1. The maximum Gasteiger partial charge on any atom is 0.0995 e. The smallest absolute Gasteiger partial charge is 0.0995 e. The summed E-state index contributed by atoms with van der Waals surface area (Å²) in [5.74, 6) is 0.818. The molecule has 0 aliphatic carbocycles. The van der Waals surface area contributed by atoms with Gasteiger partial charge in [0.2, 0.25) is 0 Å². The first kappa shape index (κ1) is 15.1. The summed E-state index contributed by atoms with van der Waals surface area (Å²) < 4.78 is 0. The third kappa shape index (κ3) is 3.84. The summed E-state index contributed by atoms with van der Waals surface area (Å²) in [5, 5.41) is 9.18. The molecule has 1 aromatic carbocycles. The first-order valence-electron chi connectivity index (χ1n) is 7.71. The second-order valence-electron chi connectivity index (χ2n) is 7.04. The topological polar surface area (TPSA) is 27.0 Å². The molecule has 1 fully saturated rings. The second kappa shape index (κ2) is 6.41. The standard InChI is InChI=1S/C18H26N2/c1-18(2,3)17-9-6-11-20(12-10-17)14-16-8-5-4-7-15(16)13-19/h4-5,7-8,17H,6,9-12,14H2,1-3H3. The van der Waals surface area contributed by atoms with Crippen molar-refractivity contribution in [1.29, 1.82) is 5.26 Å². The van der Waals surface area contributed by atoms with Crippen LogP contribution < -0.4 is 0 Å². The summed E-state index contributed by atoms with van der Waals surface area (Å²) in [5.41, 5.74) is 2.41. The third-order valence-electron chi connectivity index (χ3n) is 4.58. The van der Waals surface area contributed by atoms with Gasteiger partial charge in [-0.1, -0.05) is 39.0 Å². The van der Waals surface area contributed by atoms with Crippen molar-refractivity contribution in [2.75, 3.05) is 13.1 Å². The second-order valence-corrected chi connectivity index (χ2v) is 7.04. The van der Waals surface area contributed by atoms with E-state index in [1.165, 1.54) is 24.8 Å². The molecule has 1 aromatic rings. The number of nitriles is 1. The van der Waals surface area contributed by atoms with Gasteiger partial charge < -0.3 is 0 Å². The molecule has 2 heteroatoms. The number of hydrogen-bond donors (Lipinski definition) is 0. The zero-order valence-corrected chi connectivity index (χ0v) is 13.0. The minimum absolute atomic E-state index is 0.417. The zero-order chi connectivity index (χ0) is 14.6. The van der Waals surface area contributed by atoms with E-state index in [4.69, 9.17) is 0 Å². The minimum atomic E-state index is 0.417. The first-order valence-corrected chi connectivity index (χ1v) is 7.71. The number of nitrogens with zero attached hydrogens (tertiary/aromatic N) is 2. The highest BCUT2D eigenvalue weighted by molar-refractivity contribution is 5.37. The van der Waals surface area contributed by atoms with Gasteiger partial charge in [0, 0.05) is 6.54 Å². The van der Waals surface area contributed by atoms with Crippen molar-refractivity contribution in [2.45, 2.75) is 46.6 Å². The lowest BCUT2D eigenvalue weighted by Gasteiger charge is -2.29. The van der Waals surface area contributed by atoms with Crippen molar-refractivity contribution >= 4 is 0 Å². The molecule has 1 aliphatic rings. The van der Waals surface area contributed by atoms with Crippen molar-refractivity contribution in [3.05, 3.63) is 35.4 Å². The molecule has 0 N–H and O–H groups in total. The number of rotatable bonds is 2. The molecule has 2 nitrogen and oxygen atoms in total. The Hall–Kier alpha value is -1.33. The van der Waals surface area contributed by atoms with Gasteiger partial charge in [0.15, 0.2) is 0 Å². The lowest BCUT2D eigenvalue weighted by molar-refractivity contribution is 0.206. The van der Waals surface area contributed by atoms with E-state index in [1.807, 2.05) is 18.2 Å². The first-order chi connectivity index (χ1) is 9.50. The van der Waals surface area contributed by atoms with Crippen molar-refractivity contribution in [3.8, 4) is 6.07 Å². The largest absolute Gasteiger partial charge is 0.299 e. The van der Waals surface area contributed by atoms with E-state index in [-0.39, 0.29) is 0 Å². The van der Waals surface area contributed by atoms with E-state index < -0.39 is 0 Å². The van der Waals surface area contributed by atoms with E-state index >= 15 is 0 Å². The summed E-state index contributed by atoms with van der Waals surface area (Å²) in [6, 6.07) is 10.3. The highest BCUT2D eigenvalue weighted by atomic mass is 15.1. The molecule has 0 amide bonds. The molecule has 1 aliphatic heterocycles. The summed E-state index contributed by atoms with van der Waals surface area (Å²) >= 11 is 0. The van der Waals surface area contributed by atoms with Crippen LogP contribution in [0.3, 0.4) is 0 Å². The van der Waals surface area contributed by atoms with Crippen molar-refractivity contribution in [2.24, 2.45) is 11.3 Å². The van der Waals surface area contributed by atoms with E-state index in [0.717, 1.165) is 31.1 Å². The Morgan fingerprint density at radius 2 is 1.95 bits per heavy atom. The van der Waals surface area contributed by atoms with Crippen LogP contribution in [0, 0.1) is 22.7 Å². The Kier molecular flexibility index (Phi) is 4.83. The third-order valence-corrected chi connectivity index (χ3v) is 4.58. The Morgan fingerprint density at radius 3 is 2.65 bits per heavy atom. The van der Waals surface area contributed by atoms with Gasteiger partial charge >= 0.3 is 0 Å². The molecule has 0 aromatic heterocycles. The molecule has 2 rings (SSSR count). The lowest BCUT2D eigenvalue weighted by Crippen LogP contribution is -2.26. The molecule has 1 saturated heterocycles. The van der Waals surface area contributed by atoms with Gasteiger partial charge in [-0.25, -0.2) is 0 Å². The molecule has 0 radical (unpaired) electrons. The monoisotopic (exact) mass is 270 g/mol. The predicted octanol–water partition coefficient (Wildman–Crippen LogP) is 4.21. The van der Waals surface area contributed by atoms with E-state index in [1.54, 1.807) is 0 Å². The van der Waals surface area contributed by atoms with Crippen LogP contribution in [0.2, 0.25) is 0 Å². The molecular weight excluding hydrogens is 244 g/mol. The lowest BCUT2D eigenvalue weighted by atomic mass is 9.77. The van der Waals surface area contributed by atoms with Gasteiger partial charge in [0.25, 0.3) is 0 Å². The van der Waals surface area contributed by atoms with Gasteiger partial charge in [-0.15, -0.1) is 0 Å². The fourth-order valence-corrected chi connectivity index (χ4v) is 3.19. The maximum absolute atomic E-state index is 9.18. The molecular formula is C18H26N2. The number of hydrogen-bond acceptors (Lipinski definition) is 2. The average molecular weight is 270 g/mol. The quantitative estimate of drug-likeness (QED) is 0.805. The van der Waals surface area contributed by atoms with Crippen LogP contribution in [0.1, 0.15) is 51.2 Å². The van der Waals surface area contributed by atoms with Crippen molar-refractivity contribution in [3.63, 3.8) is 0 Å². The maximum atomic E-state index is 9.18. The van der Waals surface area contributed by atoms with Crippen LogP contribution in [0.15, 0.2) is 24.3 Å². The summed E-state index contributed by atoms with van der Waals surface area (Å²) in [6.45, 7) is 10.3. The summed E-state index contributed by atoms with van der Waals surface area (Å²) in [7, 11) is 0. The van der Waals surface area contributed by atoms with Crippen molar-refractivity contribution in [1.82, 2.24) is 4.90 Å². The van der Waals surface area contributed by atoms with E-state index in [0.29, 0.717) is 5.41 Å². The van der Waals surface area contributed by atoms with Crippen LogP contribution in [0.4, 0.5) is 0 Å². The fourth-order valence-electron chi connectivity index (χ4n) is 3.19. The minimum Gasteiger partial charge on any atom is -0.299 e. The average Bonchev–Trinajstić information content (AvgIpc) is 2.64. The summed E-state index contributed by atoms with van der Waals surface area (Å²) in [4.78, 5) is 2.52. The van der Waals surface area contributed by atoms with Crippen LogP contribution in [0.5, 0.6) is 0 Å². The van der Waals surface area contributed by atoms with Crippen LogP contribution in [-0.4, -0.2) is 18.0 Å². The van der Waals surface area contributed by atoms with Gasteiger partial charge in [-0.05, 0) is 55.3 Å². The Bertz CT molecular complexity index is 479. The fraction of sp³-hybridized carbons (Fsp3) is 0.611. The normalized spacial score (nSPS) is 21.2. The number of benzene rings is 1. The molecule has 0 bridgehead atoms. The molecule has 1 heterocycles. The van der Waals surface area contributed by atoms with Gasteiger partial charge in [-0.3, -0.25) is 4.90 Å². The SMILES string of the molecule is CC(C)(C)C1CCCN(Cc2ccccc2C#N)CC1. The van der Waals surface area contributed by atoms with Crippen LogP contribution in [0.25, 0.3) is 0 Å². The highest BCUT2D eigenvalue weighted by Gasteiger charge is 2.27. The Labute approximate surface area is 123 Å². The predicted molar refractivity (Wildman–Crippen MR) is 83.2 cm³/mol. The molecule has 1 atom stereocenters. The Morgan fingerprint density at radius 1 is 1.20 bits per heavy atom. The van der Waals surface area contributed by atoms with Gasteiger partial charge in [0.1, 0.15) is 0 Å². The highest BCUT2D eigenvalue weighted by Crippen LogP contribution is 2.34. The van der Waals surface area contributed by atoms with Gasteiger partial charge in [-0.2, -0.15) is 5.26 Å². The molecule has 0 spiro atoms. The van der Waals surface area contributed by atoms with Crippen molar-refractivity contribution < 1.29 is 0 Å². The zero-order valence-electron chi connectivity index (χ0n) is 13.0. The van der Waals surface area contributed by atoms with E-state index in [2.05, 4.69) is 37.8 Å². The molecule has 0 saturated carbocycles. The Balaban J connectivity index is 2.00.